The molecule has 49 heavy (non-hydrogen) atoms. The van der Waals surface area contributed by atoms with Crippen molar-refractivity contribution in [2.75, 3.05) is 0 Å². The van der Waals surface area contributed by atoms with E-state index in [9.17, 15) is 0 Å². The van der Waals surface area contributed by atoms with Crippen LogP contribution in [0, 0.1) is 0 Å². The van der Waals surface area contributed by atoms with E-state index in [1.807, 2.05) is 12.2 Å². The molecule has 0 bridgehead atoms. The lowest BCUT2D eigenvalue weighted by atomic mass is 9.70. The summed E-state index contributed by atoms with van der Waals surface area (Å²) in [5.74, 6) is 0. The van der Waals surface area contributed by atoms with Crippen LogP contribution in [0.5, 0.6) is 0 Å². The smallest absolute Gasteiger partial charge is 0.0725 e. The second-order valence-corrected chi connectivity index (χ2v) is 13.6. The first kappa shape index (κ1) is 26.8. The van der Waals surface area contributed by atoms with Crippen LogP contribution in [-0.2, 0) is 5.41 Å². The molecule has 0 heteroatoms. The SMILES string of the molecule is C=Cc1c(C=C)c2ccc(-c3ccc4c(c3)c3cccc5c3c3c(cccc43)C53c4ccccc4-c4ccccc43)cc2c2ccccc12. The van der Waals surface area contributed by atoms with E-state index in [0.29, 0.717) is 0 Å². The summed E-state index contributed by atoms with van der Waals surface area (Å²) in [7, 11) is 0. The van der Waals surface area contributed by atoms with Crippen LogP contribution in [0.3, 0.4) is 0 Å². The van der Waals surface area contributed by atoms with Gasteiger partial charge in [-0.2, -0.15) is 0 Å². The van der Waals surface area contributed by atoms with Gasteiger partial charge in [0.25, 0.3) is 0 Å². The first-order valence-corrected chi connectivity index (χ1v) is 17.1. The molecular formula is C49H30. The molecule has 226 valence electrons. The Morgan fingerprint density at radius 2 is 0.755 bits per heavy atom. The minimum Gasteiger partial charge on any atom is -0.0984 e. The molecule has 0 atom stereocenters. The van der Waals surface area contributed by atoms with Gasteiger partial charge in [-0.05, 0) is 122 Å². The zero-order valence-electron chi connectivity index (χ0n) is 26.9. The van der Waals surface area contributed by atoms with Gasteiger partial charge < -0.3 is 0 Å². The second kappa shape index (κ2) is 9.43. The summed E-state index contributed by atoms with van der Waals surface area (Å²) in [5.41, 5.74) is 12.6. The van der Waals surface area contributed by atoms with Gasteiger partial charge in [0.1, 0.15) is 0 Å². The van der Waals surface area contributed by atoms with Crippen molar-refractivity contribution in [3.8, 4) is 22.3 Å². The number of hydrogen-bond donors (Lipinski definition) is 0. The summed E-state index contributed by atoms with van der Waals surface area (Å²) in [6, 6.07) is 54.8. The van der Waals surface area contributed by atoms with Crippen LogP contribution in [0.15, 0.2) is 159 Å². The van der Waals surface area contributed by atoms with Crippen molar-refractivity contribution in [1.29, 1.82) is 0 Å². The maximum absolute atomic E-state index is 4.18. The molecular weight excluding hydrogens is 589 g/mol. The average Bonchev–Trinajstić information content (AvgIpc) is 3.64. The minimum atomic E-state index is -0.332. The van der Waals surface area contributed by atoms with Crippen LogP contribution in [0.4, 0.5) is 0 Å². The van der Waals surface area contributed by atoms with E-state index < -0.39 is 0 Å². The van der Waals surface area contributed by atoms with Crippen molar-refractivity contribution in [3.63, 3.8) is 0 Å². The Kier molecular flexibility index (Phi) is 5.16. The summed E-state index contributed by atoms with van der Waals surface area (Å²) in [5, 5.41) is 12.9. The zero-order valence-corrected chi connectivity index (χ0v) is 26.9. The van der Waals surface area contributed by atoms with Crippen molar-refractivity contribution in [2.45, 2.75) is 5.41 Å². The van der Waals surface area contributed by atoms with Gasteiger partial charge in [0.05, 0.1) is 5.41 Å². The first-order valence-electron chi connectivity index (χ1n) is 17.1. The Bertz CT molecular complexity index is 2930. The highest BCUT2D eigenvalue weighted by molar-refractivity contribution is 6.30. The highest BCUT2D eigenvalue weighted by Gasteiger charge is 2.50. The normalized spacial score (nSPS) is 13.6. The van der Waals surface area contributed by atoms with E-state index in [2.05, 4.69) is 159 Å². The van der Waals surface area contributed by atoms with E-state index in [0.717, 1.165) is 11.1 Å². The van der Waals surface area contributed by atoms with E-state index in [1.165, 1.54) is 98.4 Å². The second-order valence-electron chi connectivity index (χ2n) is 13.6. The molecule has 0 aromatic heterocycles. The van der Waals surface area contributed by atoms with Crippen LogP contribution in [0.2, 0.25) is 0 Å². The fraction of sp³-hybridized carbons (Fsp3) is 0.0204. The molecule has 1 spiro atoms. The number of hydrogen-bond acceptors (Lipinski definition) is 0. The third-order valence-corrected chi connectivity index (χ3v) is 11.6. The van der Waals surface area contributed by atoms with Crippen molar-refractivity contribution >= 4 is 66.0 Å². The van der Waals surface area contributed by atoms with E-state index in [1.54, 1.807) is 0 Å². The summed E-state index contributed by atoms with van der Waals surface area (Å²) >= 11 is 0. The summed E-state index contributed by atoms with van der Waals surface area (Å²) in [4.78, 5) is 0. The molecule has 2 aliphatic rings. The van der Waals surface area contributed by atoms with Crippen molar-refractivity contribution < 1.29 is 0 Å². The number of fused-ring (bicyclic) bond motifs is 13. The third kappa shape index (κ3) is 3.15. The Balaban J connectivity index is 1.22. The van der Waals surface area contributed by atoms with Gasteiger partial charge in [-0.3, -0.25) is 0 Å². The van der Waals surface area contributed by atoms with Crippen LogP contribution in [0.1, 0.15) is 33.4 Å². The van der Waals surface area contributed by atoms with Gasteiger partial charge in [0.15, 0.2) is 0 Å². The lowest BCUT2D eigenvalue weighted by Gasteiger charge is -2.30. The summed E-state index contributed by atoms with van der Waals surface area (Å²) in [6.07, 6.45) is 3.94. The topological polar surface area (TPSA) is 0 Å². The molecule has 9 aromatic rings. The number of rotatable bonds is 3. The van der Waals surface area contributed by atoms with E-state index in [-0.39, 0.29) is 5.41 Å². The minimum absolute atomic E-state index is 0.332. The van der Waals surface area contributed by atoms with E-state index >= 15 is 0 Å². The predicted octanol–water partition coefficient (Wildman–Crippen LogP) is 13.1. The number of benzene rings is 9. The fourth-order valence-electron chi connectivity index (χ4n) is 9.72. The molecule has 0 heterocycles. The lowest BCUT2D eigenvalue weighted by molar-refractivity contribution is 0.797. The quantitative estimate of drug-likeness (QED) is 0.173. The maximum atomic E-state index is 4.18. The van der Waals surface area contributed by atoms with Gasteiger partial charge in [0, 0.05) is 0 Å². The average molecular weight is 619 g/mol. The Morgan fingerprint density at radius 1 is 0.347 bits per heavy atom. The molecule has 0 amide bonds. The fourth-order valence-corrected chi connectivity index (χ4v) is 9.72. The van der Waals surface area contributed by atoms with Crippen LogP contribution >= 0.6 is 0 Å². The third-order valence-electron chi connectivity index (χ3n) is 11.6. The molecule has 0 N–H and O–H groups in total. The molecule has 0 nitrogen and oxygen atoms in total. The molecule has 2 aliphatic carbocycles. The molecule has 0 unspecified atom stereocenters. The van der Waals surface area contributed by atoms with Gasteiger partial charge >= 0.3 is 0 Å². The van der Waals surface area contributed by atoms with Gasteiger partial charge in [-0.25, -0.2) is 0 Å². The van der Waals surface area contributed by atoms with Crippen molar-refractivity contribution in [1.82, 2.24) is 0 Å². The monoisotopic (exact) mass is 618 g/mol. The standard InChI is InChI=1S/C49H30/c1-3-31-32(4-2)35-25-23-29(27-41(35)34-14-6-5-13-33(31)34)30-24-26-36-39-17-11-21-45-47(39)48-40(42(36)28-30)18-12-22-46(48)49(45)43-19-9-7-15-37(43)38-16-8-10-20-44(38)49/h3-28H,1-2H2. The Hall–Kier alpha value is -6.24. The van der Waals surface area contributed by atoms with Crippen LogP contribution in [-0.4, -0.2) is 0 Å². The highest BCUT2D eigenvalue weighted by Crippen LogP contribution is 2.63. The Labute approximate surface area is 284 Å². The summed E-state index contributed by atoms with van der Waals surface area (Å²) in [6.45, 7) is 8.32. The molecule has 11 rings (SSSR count). The van der Waals surface area contributed by atoms with Gasteiger partial charge in [0.2, 0.25) is 0 Å². The lowest BCUT2D eigenvalue weighted by Crippen LogP contribution is -2.25. The van der Waals surface area contributed by atoms with Gasteiger partial charge in [-0.15, -0.1) is 0 Å². The van der Waals surface area contributed by atoms with Crippen molar-refractivity contribution in [3.05, 3.63) is 192 Å². The molecule has 0 saturated carbocycles. The van der Waals surface area contributed by atoms with E-state index in [4.69, 9.17) is 0 Å². The highest BCUT2D eigenvalue weighted by atomic mass is 14.5. The van der Waals surface area contributed by atoms with Crippen LogP contribution < -0.4 is 0 Å². The molecule has 0 saturated heterocycles. The molecule has 9 aromatic carbocycles. The van der Waals surface area contributed by atoms with Crippen LogP contribution in [0.25, 0.3) is 88.3 Å². The Morgan fingerprint density at radius 3 is 1.35 bits per heavy atom. The molecule has 0 aliphatic heterocycles. The first-order chi connectivity index (χ1) is 24.2. The molecule has 0 fully saturated rings. The van der Waals surface area contributed by atoms with Gasteiger partial charge in [-0.1, -0.05) is 159 Å². The zero-order chi connectivity index (χ0) is 32.4. The summed E-state index contributed by atoms with van der Waals surface area (Å²) < 4.78 is 0. The molecule has 0 radical (unpaired) electrons. The largest absolute Gasteiger partial charge is 0.0984 e. The predicted molar refractivity (Wildman–Crippen MR) is 210 cm³/mol. The van der Waals surface area contributed by atoms with Crippen molar-refractivity contribution in [2.24, 2.45) is 0 Å². The maximum Gasteiger partial charge on any atom is 0.0725 e.